The highest BCUT2D eigenvalue weighted by Gasteiger charge is 2.44. The Morgan fingerprint density at radius 1 is 0.714 bits per heavy atom. The summed E-state index contributed by atoms with van der Waals surface area (Å²) in [7, 11) is 0. The molecule has 17 nitrogen and oxygen atoms in total. The number of carbonyl (C=O) groups excluding carboxylic acids is 7. The third-order valence-electron chi connectivity index (χ3n) is 7.97. The van der Waals surface area contributed by atoms with E-state index in [1.807, 2.05) is 0 Å². The van der Waals surface area contributed by atoms with Crippen LogP contribution < -0.4 is 10.6 Å². The zero-order valence-corrected chi connectivity index (χ0v) is 28.9. The summed E-state index contributed by atoms with van der Waals surface area (Å²) in [4.78, 5) is 84.8. The zero-order valence-electron chi connectivity index (χ0n) is 28.9. The summed E-state index contributed by atoms with van der Waals surface area (Å²) >= 11 is 0. The minimum Gasteiger partial charge on any atom is -0.364 e. The number of hydrogen-bond donors (Lipinski definition) is 6. The number of amides is 5. The predicted octanol–water partition coefficient (Wildman–Crippen LogP) is 1.03. The second kappa shape index (κ2) is 22.7. The minimum absolute atomic E-state index is 0.0108. The van der Waals surface area contributed by atoms with Crippen molar-refractivity contribution < 1.29 is 54.3 Å². The van der Waals surface area contributed by atoms with Gasteiger partial charge in [0, 0.05) is 84.5 Å². The number of hydroxylamine groups is 6. The van der Waals surface area contributed by atoms with E-state index < -0.39 is 29.2 Å². The number of aliphatic hydroxyl groups is 1. The first-order chi connectivity index (χ1) is 23.1. The molecule has 0 aromatic carbocycles. The zero-order chi connectivity index (χ0) is 37.0. The van der Waals surface area contributed by atoms with E-state index in [0.717, 1.165) is 0 Å². The number of rotatable bonds is 25. The summed E-state index contributed by atoms with van der Waals surface area (Å²) < 4.78 is 0. The molecule has 1 heterocycles. The van der Waals surface area contributed by atoms with Gasteiger partial charge in [-0.3, -0.25) is 49.2 Å². The smallest absolute Gasteiger partial charge is 0.246 e. The van der Waals surface area contributed by atoms with Gasteiger partial charge in [0.05, 0.1) is 5.57 Å². The maximum Gasteiger partial charge on any atom is 0.246 e. The van der Waals surface area contributed by atoms with E-state index >= 15 is 0 Å². The van der Waals surface area contributed by atoms with Crippen LogP contribution in [-0.4, -0.2) is 127 Å². The van der Waals surface area contributed by atoms with E-state index in [9.17, 15) is 54.3 Å². The fourth-order valence-electron chi connectivity index (χ4n) is 4.81. The molecule has 1 aliphatic heterocycles. The fourth-order valence-corrected chi connectivity index (χ4v) is 4.81. The van der Waals surface area contributed by atoms with Crippen molar-refractivity contribution in [1.29, 1.82) is 0 Å². The van der Waals surface area contributed by atoms with E-state index in [4.69, 9.17) is 0 Å². The molecule has 1 atom stereocenters. The van der Waals surface area contributed by atoms with Crippen molar-refractivity contribution in [3.8, 4) is 0 Å². The van der Waals surface area contributed by atoms with E-state index in [1.165, 1.54) is 24.9 Å². The van der Waals surface area contributed by atoms with Crippen molar-refractivity contribution >= 4 is 41.1 Å². The lowest BCUT2D eigenvalue weighted by Crippen LogP contribution is -2.46. The largest absolute Gasteiger partial charge is 0.364 e. The number of nitrogens with zero attached hydrogens (tertiary/aromatic N) is 4. The molecular formula is C32H54N6O11. The molecule has 0 saturated heterocycles. The molecule has 1 rings (SSSR count). The summed E-state index contributed by atoms with van der Waals surface area (Å²) in [6.45, 7) is 5.44. The molecule has 0 aromatic heterocycles. The maximum absolute atomic E-state index is 12.3. The summed E-state index contributed by atoms with van der Waals surface area (Å²) in [5, 5.41) is 46.8. The van der Waals surface area contributed by atoms with Crippen LogP contribution in [0.25, 0.3) is 0 Å². The van der Waals surface area contributed by atoms with Gasteiger partial charge in [0.15, 0.2) is 11.5 Å². The molecule has 6 N–H and O–H groups in total. The molecule has 278 valence electrons. The van der Waals surface area contributed by atoms with Crippen molar-refractivity contribution in [3.63, 3.8) is 0 Å². The Bertz CT molecular complexity index is 1180. The first-order valence-electron chi connectivity index (χ1n) is 16.9. The van der Waals surface area contributed by atoms with Gasteiger partial charge in [-0.25, -0.2) is 15.2 Å². The summed E-state index contributed by atoms with van der Waals surface area (Å²) in [6, 6.07) is 0. The number of ketones is 2. The van der Waals surface area contributed by atoms with Crippen molar-refractivity contribution in [2.45, 2.75) is 110 Å². The Morgan fingerprint density at radius 3 is 1.61 bits per heavy atom. The molecule has 0 bridgehead atoms. The topological polar surface area (TPSA) is 237 Å². The van der Waals surface area contributed by atoms with Gasteiger partial charge in [0.25, 0.3) is 0 Å². The Kier molecular flexibility index (Phi) is 19.9. The maximum atomic E-state index is 12.3. The summed E-state index contributed by atoms with van der Waals surface area (Å²) in [6.07, 6.45) is 5.30. The number of unbranched alkanes of at least 4 members (excludes halogenated alkanes) is 5. The lowest BCUT2D eigenvalue weighted by Gasteiger charge is -2.29. The third kappa shape index (κ3) is 16.3. The van der Waals surface area contributed by atoms with Gasteiger partial charge in [-0.1, -0.05) is 6.92 Å². The molecule has 1 aliphatic rings. The van der Waals surface area contributed by atoms with Crippen molar-refractivity contribution in [3.05, 3.63) is 11.8 Å². The Labute approximate surface area is 287 Å². The Hall–Kier alpha value is -3.93. The monoisotopic (exact) mass is 698 g/mol. The minimum atomic E-state index is -1.82. The highest BCUT2D eigenvalue weighted by atomic mass is 16.5. The lowest BCUT2D eigenvalue weighted by atomic mass is 10.0. The molecule has 0 aliphatic carbocycles. The number of nitrogens with one attached hydrogen (secondary N) is 2. The van der Waals surface area contributed by atoms with Gasteiger partial charge < -0.3 is 20.6 Å². The summed E-state index contributed by atoms with van der Waals surface area (Å²) in [5.74, 6) is -3.33. The van der Waals surface area contributed by atoms with Crippen LogP contribution >= 0.6 is 0 Å². The highest BCUT2D eigenvalue weighted by Crippen LogP contribution is 2.27. The van der Waals surface area contributed by atoms with Gasteiger partial charge in [0.2, 0.25) is 35.3 Å². The number of Topliss-reactive ketones (excluding diaryl/α,β-unsaturated/α-hetero) is 2. The lowest BCUT2D eigenvalue weighted by molar-refractivity contribution is -0.166. The van der Waals surface area contributed by atoms with Crippen molar-refractivity contribution in [1.82, 2.24) is 30.7 Å². The van der Waals surface area contributed by atoms with Gasteiger partial charge in [-0.15, -0.1) is 0 Å². The van der Waals surface area contributed by atoms with Crippen molar-refractivity contribution in [2.75, 3.05) is 39.3 Å². The van der Waals surface area contributed by atoms with Crippen LogP contribution in [0.1, 0.15) is 104 Å². The molecule has 0 fully saturated rings. The summed E-state index contributed by atoms with van der Waals surface area (Å²) in [5.41, 5.74) is -1.87. The highest BCUT2D eigenvalue weighted by molar-refractivity contribution is 6.23. The number of carbonyl (C=O) groups is 7. The van der Waals surface area contributed by atoms with Crippen LogP contribution in [-0.2, 0) is 33.6 Å². The average Bonchev–Trinajstić information content (AvgIpc) is 3.29. The first-order valence-corrected chi connectivity index (χ1v) is 16.9. The van der Waals surface area contributed by atoms with Gasteiger partial charge in [0.1, 0.15) is 0 Å². The third-order valence-corrected chi connectivity index (χ3v) is 7.97. The van der Waals surface area contributed by atoms with Crippen LogP contribution in [0, 0.1) is 0 Å². The molecule has 0 radical (unpaired) electrons. The molecular weight excluding hydrogens is 644 g/mol. The molecule has 1 unspecified atom stereocenters. The molecule has 0 spiro atoms. The normalized spacial score (nSPS) is 15.4. The van der Waals surface area contributed by atoms with Crippen LogP contribution in [0.15, 0.2) is 11.8 Å². The average molecular weight is 699 g/mol. The van der Waals surface area contributed by atoms with Gasteiger partial charge in [-0.2, -0.15) is 0 Å². The van der Waals surface area contributed by atoms with Crippen molar-refractivity contribution in [2.24, 2.45) is 0 Å². The van der Waals surface area contributed by atoms with E-state index in [1.54, 1.807) is 6.92 Å². The van der Waals surface area contributed by atoms with Gasteiger partial charge in [-0.05, 0) is 58.3 Å². The second-order valence-corrected chi connectivity index (χ2v) is 12.1. The van der Waals surface area contributed by atoms with E-state index in [-0.39, 0.29) is 81.5 Å². The fraction of sp³-hybridized carbons (Fsp3) is 0.719. The van der Waals surface area contributed by atoms with Crippen LogP contribution in [0.5, 0.6) is 0 Å². The van der Waals surface area contributed by atoms with E-state index in [0.29, 0.717) is 79.6 Å². The number of hydrogen-bond acceptors (Lipinski definition) is 12. The first kappa shape index (κ1) is 43.1. The Balaban J connectivity index is 2.10. The Morgan fingerprint density at radius 2 is 1.16 bits per heavy atom. The second-order valence-electron chi connectivity index (χ2n) is 12.1. The standard InChI is InChI=1S/C32H54N6O11/c1-4-26(40)25-23-35(32(3,46)31(25)45)19-11-12-22-38(49)30(44)16-14-28(42)34-18-8-6-10-21-37(48)29(43)15-13-27(41)33-17-7-5-9-20-36(47)24(2)39/h23,46-49H,4-22H2,1-3H3,(H,33,41)(H,34,42). The molecule has 0 saturated carbocycles. The molecule has 0 aromatic rings. The molecule has 5 amide bonds. The predicted molar refractivity (Wildman–Crippen MR) is 173 cm³/mol. The molecule has 49 heavy (non-hydrogen) atoms. The van der Waals surface area contributed by atoms with Gasteiger partial charge >= 0.3 is 0 Å². The SMILES string of the molecule is CCC(=O)C1=CN(CCCCN(O)C(=O)CCC(=O)NCCCCCN(O)C(=O)CCC(=O)NCCCCCN(O)C(C)=O)C(C)(O)C1=O. The molecule has 17 heteroatoms. The quantitative estimate of drug-likeness (QED) is 0.0339. The van der Waals surface area contributed by atoms with E-state index in [2.05, 4.69) is 10.6 Å². The van der Waals surface area contributed by atoms with Crippen LogP contribution in [0.3, 0.4) is 0 Å². The van der Waals surface area contributed by atoms with Crippen LogP contribution in [0.4, 0.5) is 0 Å². The van der Waals surface area contributed by atoms with Crippen LogP contribution in [0.2, 0.25) is 0 Å².